The molecule has 0 radical (unpaired) electrons. The van der Waals surface area contributed by atoms with Crippen LogP contribution in [0.25, 0.3) is 10.9 Å². The fourth-order valence-electron chi connectivity index (χ4n) is 7.26. The Bertz CT molecular complexity index is 1190. The third kappa shape index (κ3) is 6.62. The van der Waals surface area contributed by atoms with Crippen molar-refractivity contribution in [3.8, 4) is 0 Å². The number of amides is 4. The number of carbonyl (C=O) groups excluding carboxylic acids is 3. The molecule has 3 saturated heterocycles. The maximum absolute atomic E-state index is 14.0. The first-order valence-electron chi connectivity index (χ1n) is 15.1. The highest BCUT2D eigenvalue weighted by atomic mass is 16.2. The Morgan fingerprint density at radius 3 is 2.12 bits per heavy atom. The summed E-state index contributed by atoms with van der Waals surface area (Å²) in [5, 5.41) is 3.91. The Kier molecular flexibility index (Phi) is 8.98. The number of urea groups is 1. The number of primary amides is 1. The van der Waals surface area contributed by atoms with E-state index in [-0.39, 0.29) is 30.2 Å². The van der Waals surface area contributed by atoms with Crippen LogP contribution in [-0.2, 0) is 23.1 Å². The first kappa shape index (κ1) is 28.5. The summed E-state index contributed by atoms with van der Waals surface area (Å²) in [6.07, 6.45) is 8.90. The lowest BCUT2D eigenvalue weighted by molar-refractivity contribution is -0.143. The van der Waals surface area contributed by atoms with Crippen LogP contribution >= 0.6 is 0 Å². The Morgan fingerprint density at radius 1 is 0.875 bits per heavy atom. The van der Waals surface area contributed by atoms with E-state index in [1.54, 1.807) is 0 Å². The van der Waals surface area contributed by atoms with Gasteiger partial charge in [-0.1, -0.05) is 18.2 Å². The number of hydrogen-bond acceptors (Lipinski definition) is 4. The third-order valence-electron chi connectivity index (χ3n) is 9.69. The van der Waals surface area contributed by atoms with Gasteiger partial charge in [-0.3, -0.25) is 9.59 Å². The van der Waals surface area contributed by atoms with E-state index in [4.69, 9.17) is 5.73 Å². The van der Waals surface area contributed by atoms with Gasteiger partial charge >= 0.3 is 6.03 Å². The van der Waals surface area contributed by atoms with Crippen molar-refractivity contribution < 1.29 is 14.4 Å². The number of fused-ring (bicyclic) bond motifs is 1. The van der Waals surface area contributed by atoms with Crippen LogP contribution in [0.4, 0.5) is 4.79 Å². The number of para-hydroxylation sites is 1. The number of nitrogens with two attached hydrogens (primary N) is 1. The van der Waals surface area contributed by atoms with Gasteiger partial charge in [-0.2, -0.15) is 0 Å². The molecule has 2 aromatic rings. The van der Waals surface area contributed by atoms with E-state index in [1.165, 1.54) is 25.9 Å². The van der Waals surface area contributed by atoms with Gasteiger partial charge in [0.05, 0.1) is 5.92 Å². The van der Waals surface area contributed by atoms with Crippen molar-refractivity contribution in [3.63, 3.8) is 0 Å². The number of hydrogen-bond donors (Lipinski definition) is 2. The largest absolute Gasteiger partial charge is 0.352 e. The average molecular weight is 551 g/mol. The molecule has 9 nitrogen and oxygen atoms in total. The summed E-state index contributed by atoms with van der Waals surface area (Å²) in [6.45, 7) is 5.08. The van der Waals surface area contributed by atoms with Crippen molar-refractivity contribution in [1.82, 2.24) is 24.6 Å². The van der Waals surface area contributed by atoms with Gasteiger partial charge in [0, 0.05) is 62.8 Å². The molecule has 1 aromatic carbocycles. The van der Waals surface area contributed by atoms with E-state index >= 15 is 0 Å². The van der Waals surface area contributed by atoms with Crippen LogP contribution in [0.5, 0.6) is 0 Å². The zero-order valence-electron chi connectivity index (χ0n) is 24.2. The Morgan fingerprint density at radius 2 is 1.48 bits per heavy atom. The molecule has 4 amide bonds. The van der Waals surface area contributed by atoms with Crippen LogP contribution < -0.4 is 11.1 Å². The molecule has 3 fully saturated rings. The Hall–Kier alpha value is -3.07. The van der Waals surface area contributed by atoms with Gasteiger partial charge in [0.1, 0.15) is 0 Å². The van der Waals surface area contributed by atoms with Gasteiger partial charge in [-0.15, -0.1) is 0 Å². The number of likely N-dealkylation sites (tertiary alicyclic amines) is 3. The zero-order chi connectivity index (χ0) is 28.2. The van der Waals surface area contributed by atoms with Gasteiger partial charge in [0.2, 0.25) is 11.8 Å². The Balaban J connectivity index is 1.26. The summed E-state index contributed by atoms with van der Waals surface area (Å²) in [6, 6.07) is 7.75. The van der Waals surface area contributed by atoms with Crippen LogP contribution in [0.3, 0.4) is 0 Å². The van der Waals surface area contributed by atoms with Crippen LogP contribution in [0.15, 0.2) is 30.5 Å². The molecule has 4 heterocycles. The van der Waals surface area contributed by atoms with Crippen LogP contribution in [-0.4, -0.2) is 89.5 Å². The van der Waals surface area contributed by atoms with Crippen molar-refractivity contribution in [2.45, 2.75) is 57.4 Å². The summed E-state index contributed by atoms with van der Waals surface area (Å²) in [7, 11) is 4.24. The molecule has 0 spiro atoms. The highest BCUT2D eigenvalue weighted by Crippen LogP contribution is 2.33. The number of carbonyl (C=O) groups is 3. The monoisotopic (exact) mass is 550 g/mol. The van der Waals surface area contributed by atoms with E-state index in [9.17, 15) is 14.4 Å². The first-order valence-corrected chi connectivity index (χ1v) is 15.1. The van der Waals surface area contributed by atoms with Gasteiger partial charge in [0.25, 0.3) is 0 Å². The van der Waals surface area contributed by atoms with E-state index in [1.807, 2.05) is 29.0 Å². The average Bonchev–Trinajstić information content (AvgIpc) is 3.28. The predicted octanol–water partition coefficient (Wildman–Crippen LogP) is 2.97. The highest BCUT2D eigenvalue weighted by Gasteiger charge is 2.35. The molecule has 40 heavy (non-hydrogen) atoms. The number of aromatic nitrogens is 1. The molecule has 1 aromatic heterocycles. The third-order valence-corrected chi connectivity index (χ3v) is 9.69. The number of rotatable bonds is 7. The van der Waals surface area contributed by atoms with Crippen molar-refractivity contribution >= 4 is 28.7 Å². The van der Waals surface area contributed by atoms with E-state index in [2.05, 4.69) is 40.2 Å². The number of piperidine rings is 3. The normalized spacial score (nSPS) is 21.1. The minimum atomic E-state index is -0.523. The lowest BCUT2D eigenvalue weighted by Gasteiger charge is -2.40. The number of aryl methyl sites for hydroxylation is 1. The lowest BCUT2D eigenvalue weighted by atomic mass is 9.78. The van der Waals surface area contributed by atoms with E-state index in [0.29, 0.717) is 38.3 Å². The maximum Gasteiger partial charge on any atom is 0.312 e. The number of nitrogens with one attached hydrogen (secondary N) is 1. The molecule has 0 aliphatic carbocycles. The van der Waals surface area contributed by atoms with E-state index in [0.717, 1.165) is 48.3 Å². The molecular formula is C31H46N6O3. The molecule has 5 rings (SSSR count). The SMILES string of the molecule is CN1CCC(C2CCN(C(=O)C(CC(=O)N3CCC(NC(N)=O)CC3)Cc3cn(C)c4ccccc34)CC2)CC1. The first-order chi connectivity index (χ1) is 19.3. The van der Waals surface area contributed by atoms with Crippen LogP contribution in [0, 0.1) is 17.8 Å². The molecule has 0 bridgehead atoms. The molecule has 3 aliphatic heterocycles. The van der Waals surface area contributed by atoms with Crippen molar-refractivity contribution in [2.24, 2.45) is 30.5 Å². The molecule has 1 unspecified atom stereocenters. The van der Waals surface area contributed by atoms with Crippen molar-refractivity contribution in [1.29, 1.82) is 0 Å². The molecule has 9 heteroatoms. The maximum atomic E-state index is 14.0. The Labute approximate surface area is 238 Å². The standard InChI is InChI=1S/C31H46N6O3/c1-34-13-7-22(8-14-34)23-9-15-37(16-10-23)30(39)24(19-25-21-35(2)28-6-4-3-5-27(25)28)20-29(38)36-17-11-26(12-18-36)33-31(32)40/h3-6,21-24,26H,7-20H2,1-2H3,(H3,32,33,40). The summed E-state index contributed by atoms with van der Waals surface area (Å²) in [5.41, 5.74) is 7.54. The van der Waals surface area contributed by atoms with Crippen LogP contribution in [0.2, 0.25) is 0 Å². The van der Waals surface area contributed by atoms with Gasteiger partial charge in [-0.05, 0) is 88.5 Å². The number of nitrogens with zero attached hydrogens (tertiary/aromatic N) is 4. The van der Waals surface area contributed by atoms with Crippen molar-refractivity contribution in [3.05, 3.63) is 36.0 Å². The van der Waals surface area contributed by atoms with Crippen LogP contribution in [0.1, 0.15) is 50.5 Å². The second kappa shape index (κ2) is 12.6. The molecule has 3 aliphatic rings. The second-order valence-corrected chi connectivity index (χ2v) is 12.4. The molecule has 0 saturated carbocycles. The molecular weight excluding hydrogens is 504 g/mol. The van der Waals surface area contributed by atoms with Crippen molar-refractivity contribution in [2.75, 3.05) is 46.3 Å². The molecule has 1 atom stereocenters. The zero-order valence-corrected chi connectivity index (χ0v) is 24.2. The summed E-state index contributed by atoms with van der Waals surface area (Å²) < 4.78 is 2.11. The minimum absolute atomic E-state index is 0.000483. The summed E-state index contributed by atoms with van der Waals surface area (Å²) >= 11 is 0. The molecule has 218 valence electrons. The fraction of sp³-hybridized carbons (Fsp3) is 0.645. The fourth-order valence-corrected chi connectivity index (χ4v) is 7.26. The number of benzene rings is 1. The van der Waals surface area contributed by atoms with E-state index < -0.39 is 6.03 Å². The van der Waals surface area contributed by atoms with Gasteiger partial charge < -0.3 is 30.3 Å². The highest BCUT2D eigenvalue weighted by molar-refractivity contribution is 5.88. The molecule has 3 N–H and O–H groups in total. The topological polar surface area (TPSA) is 104 Å². The smallest absolute Gasteiger partial charge is 0.312 e. The lowest BCUT2D eigenvalue weighted by Crippen LogP contribution is -2.49. The summed E-state index contributed by atoms with van der Waals surface area (Å²) in [4.78, 5) is 45.1. The summed E-state index contributed by atoms with van der Waals surface area (Å²) in [5.74, 6) is 1.23. The predicted molar refractivity (Wildman–Crippen MR) is 157 cm³/mol. The minimum Gasteiger partial charge on any atom is -0.352 e. The van der Waals surface area contributed by atoms with Gasteiger partial charge in [-0.25, -0.2) is 4.79 Å². The quantitative estimate of drug-likeness (QED) is 0.553. The second-order valence-electron chi connectivity index (χ2n) is 12.4. The van der Waals surface area contributed by atoms with Gasteiger partial charge in [0.15, 0.2) is 0 Å².